The fourth-order valence-corrected chi connectivity index (χ4v) is 5.83. The molecule has 10 nitrogen and oxygen atoms in total. The van der Waals surface area contributed by atoms with Crippen molar-refractivity contribution in [3.63, 3.8) is 0 Å². The third kappa shape index (κ3) is 4.06. The van der Waals surface area contributed by atoms with Crippen LogP contribution in [0.2, 0.25) is 0 Å². The number of nitrogens with one attached hydrogen (secondary N) is 1. The molecule has 11 heteroatoms. The summed E-state index contributed by atoms with van der Waals surface area (Å²) < 4.78 is 13.1. The maximum atomic E-state index is 13.5. The van der Waals surface area contributed by atoms with Crippen molar-refractivity contribution in [1.82, 2.24) is 19.4 Å². The van der Waals surface area contributed by atoms with Crippen LogP contribution in [0.25, 0.3) is 10.2 Å². The summed E-state index contributed by atoms with van der Waals surface area (Å²) in [5.41, 5.74) is 0.417. The Morgan fingerprint density at radius 1 is 1.25 bits per heavy atom. The van der Waals surface area contributed by atoms with Gasteiger partial charge in [-0.25, -0.2) is 9.59 Å². The first-order chi connectivity index (χ1) is 15.5. The molecule has 174 valence electrons. The van der Waals surface area contributed by atoms with Gasteiger partial charge < -0.3 is 14.4 Å². The second-order valence-corrected chi connectivity index (χ2v) is 9.20. The number of guanidine groups is 1. The first kappa shape index (κ1) is 22.5. The number of hydrogen-bond donors (Lipinski definition) is 1. The highest BCUT2D eigenvalue weighted by Crippen LogP contribution is 2.32. The van der Waals surface area contributed by atoms with Crippen LogP contribution in [0, 0.1) is 6.92 Å². The molecular weight excluding hydrogens is 434 g/mol. The number of carbonyl (C=O) groups is 1. The van der Waals surface area contributed by atoms with Gasteiger partial charge >= 0.3 is 11.8 Å². The maximum Gasteiger partial charge on any atom is 0.413 e. The monoisotopic (exact) mass is 463 g/mol. The normalized spacial score (nSPS) is 16.7. The summed E-state index contributed by atoms with van der Waals surface area (Å²) in [6, 6.07) is -0.0440. The van der Waals surface area contributed by atoms with E-state index >= 15 is 0 Å². The molecule has 1 amide bonds. The van der Waals surface area contributed by atoms with Gasteiger partial charge in [0.25, 0.3) is 5.56 Å². The average Bonchev–Trinajstić information content (AvgIpc) is 3.51. The smallest absolute Gasteiger partial charge is 0.413 e. The summed E-state index contributed by atoms with van der Waals surface area (Å²) in [6.45, 7) is 4.40. The van der Waals surface area contributed by atoms with Gasteiger partial charge in [-0.05, 0) is 25.3 Å². The Kier molecular flexibility index (Phi) is 6.66. The largest absolute Gasteiger partial charge is 0.453 e. The molecule has 4 rings (SSSR count). The standard InChI is InChI=1S/C21H29N5O5S/c1-13-15(12-24-9-8-22-19(24)23-20(28)31-3)32-18-16(13)17(27)26(14-6-4-5-7-14)21(29)25(18)10-11-30-2/h14H,4-12H2,1-3H3,(H,22,23,28). The summed E-state index contributed by atoms with van der Waals surface area (Å²) in [5, 5.41) is 3.24. The van der Waals surface area contributed by atoms with Gasteiger partial charge in [0.15, 0.2) is 0 Å². The van der Waals surface area contributed by atoms with E-state index in [2.05, 4.69) is 15.0 Å². The molecule has 2 aromatic rings. The van der Waals surface area contributed by atoms with Gasteiger partial charge in [-0.1, -0.05) is 12.8 Å². The van der Waals surface area contributed by atoms with Crippen molar-refractivity contribution in [2.45, 2.75) is 51.7 Å². The maximum absolute atomic E-state index is 13.5. The van der Waals surface area contributed by atoms with Gasteiger partial charge in [0.05, 0.1) is 38.7 Å². The van der Waals surface area contributed by atoms with E-state index in [1.807, 2.05) is 11.8 Å². The lowest BCUT2D eigenvalue weighted by Crippen LogP contribution is -2.42. The number of aromatic nitrogens is 2. The van der Waals surface area contributed by atoms with E-state index in [0.717, 1.165) is 36.1 Å². The zero-order valence-corrected chi connectivity index (χ0v) is 19.5. The van der Waals surface area contributed by atoms with Crippen LogP contribution < -0.4 is 16.6 Å². The van der Waals surface area contributed by atoms with Gasteiger partial charge in [-0.3, -0.25) is 24.2 Å². The number of alkyl carbamates (subject to hydrolysis) is 1. The van der Waals surface area contributed by atoms with Gasteiger partial charge in [0, 0.05) is 24.6 Å². The number of amides is 1. The fourth-order valence-electron chi connectivity index (χ4n) is 4.50. The Morgan fingerprint density at radius 3 is 2.69 bits per heavy atom. The number of thiophene rings is 1. The molecule has 1 aliphatic carbocycles. The van der Waals surface area contributed by atoms with E-state index in [0.29, 0.717) is 49.0 Å². The van der Waals surface area contributed by atoms with Crippen LogP contribution in [-0.2, 0) is 22.6 Å². The number of ether oxygens (including phenoxy) is 2. The van der Waals surface area contributed by atoms with Crippen LogP contribution in [0.5, 0.6) is 0 Å². The van der Waals surface area contributed by atoms with Crippen molar-refractivity contribution in [2.75, 3.05) is 33.9 Å². The first-order valence-electron chi connectivity index (χ1n) is 10.9. The van der Waals surface area contributed by atoms with Crippen molar-refractivity contribution in [3.8, 4) is 0 Å². The minimum atomic E-state index is -0.573. The predicted molar refractivity (Wildman–Crippen MR) is 123 cm³/mol. The molecule has 0 bridgehead atoms. The lowest BCUT2D eigenvalue weighted by molar-refractivity contribution is 0.175. The highest BCUT2D eigenvalue weighted by Gasteiger charge is 2.27. The number of fused-ring (bicyclic) bond motifs is 1. The number of nitrogens with zero attached hydrogens (tertiary/aromatic N) is 4. The molecule has 1 aliphatic heterocycles. The number of methoxy groups -OCH3 is 2. The summed E-state index contributed by atoms with van der Waals surface area (Å²) in [7, 11) is 2.91. The minimum Gasteiger partial charge on any atom is -0.453 e. The van der Waals surface area contributed by atoms with Crippen molar-refractivity contribution < 1.29 is 14.3 Å². The highest BCUT2D eigenvalue weighted by atomic mass is 32.1. The molecule has 0 aromatic carbocycles. The zero-order valence-electron chi connectivity index (χ0n) is 18.7. The number of aryl methyl sites for hydroxylation is 1. The number of aliphatic imine (C=N–C) groups is 1. The van der Waals surface area contributed by atoms with E-state index in [1.165, 1.54) is 23.0 Å². The van der Waals surface area contributed by atoms with Gasteiger partial charge in [-0.15, -0.1) is 11.3 Å². The summed E-state index contributed by atoms with van der Waals surface area (Å²) in [4.78, 5) is 46.4. The number of rotatable bonds is 6. The molecule has 2 aromatic heterocycles. The Bertz CT molecular complexity index is 1160. The summed E-state index contributed by atoms with van der Waals surface area (Å²) in [5.74, 6) is 0.453. The molecule has 32 heavy (non-hydrogen) atoms. The van der Waals surface area contributed by atoms with Crippen LogP contribution >= 0.6 is 11.3 Å². The molecule has 0 radical (unpaired) electrons. The molecule has 1 N–H and O–H groups in total. The SMILES string of the molecule is COCCn1c(=O)n(C2CCCC2)c(=O)c2c(C)c(CN3CCN=C3NC(=O)OC)sc21. The van der Waals surface area contributed by atoms with Gasteiger partial charge in [0.2, 0.25) is 5.96 Å². The number of hydrogen-bond acceptors (Lipinski definition) is 8. The Labute approximate surface area is 189 Å². The molecule has 0 saturated heterocycles. The Hall–Kier alpha value is -2.66. The van der Waals surface area contributed by atoms with E-state index in [-0.39, 0.29) is 17.3 Å². The van der Waals surface area contributed by atoms with E-state index in [1.54, 1.807) is 11.7 Å². The third-order valence-electron chi connectivity index (χ3n) is 6.22. The van der Waals surface area contributed by atoms with Crippen molar-refractivity contribution in [3.05, 3.63) is 31.3 Å². The van der Waals surface area contributed by atoms with Crippen LogP contribution in [0.1, 0.15) is 42.2 Å². The van der Waals surface area contributed by atoms with E-state index in [4.69, 9.17) is 4.74 Å². The quantitative estimate of drug-likeness (QED) is 0.700. The molecule has 1 fully saturated rings. The third-order valence-corrected chi connectivity index (χ3v) is 7.51. The van der Waals surface area contributed by atoms with Gasteiger partial charge in [0.1, 0.15) is 4.83 Å². The molecule has 0 unspecified atom stereocenters. The van der Waals surface area contributed by atoms with Gasteiger partial charge in [-0.2, -0.15) is 0 Å². The van der Waals surface area contributed by atoms with Crippen molar-refractivity contribution >= 4 is 33.6 Å². The van der Waals surface area contributed by atoms with Crippen LogP contribution in [0.15, 0.2) is 14.6 Å². The fraction of sp³-hybridized carbons (Fsp3) is 0.619. The molecule has 1 saturated carbocycles. The molecule has 0 spiro atoms. The van der Waals surface area contributed by atoms with E-state index < -0.39 is 6.09 Å². The summed E-state index contributed by atoms with van der Waals surface area (Å²) >= 11 is 1.45. The zero-order chi connectivity index (χ0) is 22.8. The molecular formula is C21H29N5O5S. The highest BCUT2D eigenvalue weighted by molar-refractivity contribution is 7.18. The topological polar surface area (TPSA) is 107 Å². The summed E-state index contributed by atoms with van der Waals surface area (Å²) in [6.07, 6.45) is 3.20. The lowest BCUT2D eigenvalue weighted by Gasteiger charge is -2.19. The van der Waals surface area contributed by atoms with Crippen molar-refractivity contribution in [2.24, 2.45) is 4.99 Å². The first-order valence-corrected chi connectivity index (χ1v) is 11.7. The molecule has 2 aliphatic rings. The Morgan fingerprint density at radius 2 is 2.00 bits per heavy atom. The average molecular weight is 464 g/mol. The second-order valence-electron chi connectivity index (χ2n) is 8.11. The van der Waals surface area contributed by atoms with Crippen LogP contribution in [-0.4, -0.2) is 60.0 Å². The number of carbonyl (C=O) groups excluding carboxylic acids is 1. The molecule has 3 heterocycles. The Balaban J connectivity index is 1.77. The second kappa shape index (κ2) is 9.45. The van der Waals surface area contributed by atoms with Crippen LogP contribution in [0.4, 0.5) is 4.79 Å². The lowest BCUT2D eigenvalue weighted by atomic mass is 10.2. The predicted octanol–water partition coefficient (Wildman–Crippen LogP) is 1.82. The van der Waals surface area contributed by atoms with Crippen LogP contribution in [0.3, 0.4) is 0 Å². The molecule has 0 atom stereocenters. The van der Waals surface area contributed by atoms with E-state index in [9.17, 15) is 14.4 Å². The van der Waals surface area contributed by atoms with Crippen molar-refractivity contribution in [1.29, 1.82) is 0 Å². The minimum absolute atomic E-state index is 0.0440.